The van der Waals surface area contributed by atoms with E-state index in [1.54, 1.807) is 13.8 Å². The van der Waals surface area contributed by atoms with Crippen molar-refractivity contribution in [3.63, 3.8) is 0 Å². The highest BCUT2D eigenvalue weighted by molar-refractivity contribution is 6.08. The molecular weight excluding hydrogens is 362 g/mol. The van der Waals surface area contributed by atoms with E-state index in [9.17, 15) is 19.2 Å². The Morgan fingerprint density at radius 3 is 2.43 bits per heavy atom. The summed E-state index contributed by atoms with van der Waals surface area (Å²) in [4.78, 5) is 50.0. The summed E-state index contributed by atoms with van der Waals surface area (Å²) in [5, 5.41) is 5.37. The van der Waals surface area contributed by atoms with Crippen molar-refractivity contribution >= 4 is 29.5 Å². The first kappa shape index (κ1) is 21.4. The van der Waals surface area contributed by atoms with Gasteiger partial charge in [0.2, 0.25) is 0 Å². The maximum absolute atomic E-state index is 12.5. The second kappa shape index (κ2) is 8.41. The molecule has 1 aliphatic heterocycles. The zero-order valence-corrected chi connectivity index (χ0v) is 16.9. The van der Waals surface area contributed by atoms with Crippen molar-refractivity contribution in [2.75, 3.05) is 11.9 Å². The molecule has 0 bridgehead atoms. The van der Waals surface area contributed by atoms with E-state index in [0.29, 0.717) is 18.5 Å². The number of rotatable bonds is 7. The number of hydrogen-bond donors (Lipinski definition) is 2. The highest BCUT2D eigenvalue weighted by Crippen LogP contribution is 2.24. The van der Waals surface area contributed by atoms with E-state index in [-0.39, 0.29) is 0 Å². The lowest BCUT2D eigenvalue weighted by Crippen LogP contribution is -2.46. The fraction of sp³-hybridized carbons (Fsp3) is 0.500. The number of nitrogens with zero attached hydrogens (tertiary/aromatic N) is 1. The van der Waals surface area contributed by atoms with Gasteiger partial charge in [-0.2, -0.15) is 0 Å². The molecule has 1 aliphatic rings. The van der Waals surface area contributed by atoms with Crippen LogP contribution in [0.15, 0.2) is 18.2 Å². The van der Waals surface area contributed by atoms with Crippen LogP contribution in [-0.4, -0.2) is 46.9 Å². The first-order valence-corrected chi connectivity index (χ1v) is 9.35. The first-order chi connectivity index (χ1) is 13.1. The molecule has 1 heterocycles. The first-order valence-electron chi connectivity index (χ1n) is 9.35. The van der Waals surface area contributed by atoms with Gasteiger partial charge in [-0.05, 0) is 50.8 Å². The molecule has 0 aromatic heterocycles. The van der Waals surface area contributed by atoms with Crippen LogP contribution in [0.3, 0.4) is 0 Å². The molecule has 1 aromatic carbocycles. The molecule has 8 heteroatoms. The molecule has 0 unspecified atom stereocenters. The van der Waals surface area contributed by atoms with Crippen LogP contribution in [0, 0.1) is 13.8 Å². The molecule has 0 spiro atoms. The third kappa shape index (κ3) is 4.32. The number of ether oxygens (including phenoxy) is 1. The van der Waals surface area contributed by atoms with Gasteiger partial charge in [-0.1, -0.05) is 26.0 Å². The van der Waals surface area contributed by atoms with Crippen LogP contribution in [0.4, 0.5) is 10.5 Å². The third-order valence-corrected chi connectivity index (χ3v) is 5.07. The molecular formula is C20H27N3O5. The topological polar surface area (TPSA) is 105 Å². The van der Waals surface area contributed by atoms with E-state index >= 15 is 0 Å². The van der Waals surface area contributed by atoms with Crippen molar-refractivity contribution < 1.29 is 23.9 Å². The van der Waals surface area contributed by atoms with Crippen LogP contribution < -0.4 is 10.6 Å². The molecule has 8 nitrogen and oxygen atoms in total. The van der Waals surface area contributed by atoms with Crippen molar-refractivity contribution in [2.45, 2.75) is 59.1 Å². The van der Waals surface area contributed by atoms with Gasteiger partial charge in [0.25, 0.3) is 11.8 Å². The number of carbonyl (C=O) groups is 4. The van der Waals surface area contributed by atoms with Gasteiger partial charge in [-0.3, -0.25) is 19.3 Å². The summed E-state index contributed by atoms with van der Waals surface area (Å²) in [7, 11) is 0. The average molecular weight is 389 g/mol. The Hall–Kier alpha value is -2.90. The van der Waals surface area contributed by atoms with Crippen LogP contribution in [0.1, 0.15) is 44.7 Å². The molecule has 1 saturated heterocycles. The molecule has 152 valence electrons. The predicted octanol–water partition coefficient (Wildman–Crippen LogP) is 2.28. The van der Waals surface area contributed by atoms with Gasteiger partial charge >= 0.3 is 12.0 Å². The van der Waals surface area contributed by atoms with Gasteiger partial charge in [0.1, 0.15) is 12.1 Å². The van der Waals surface area contributed by atoms with E-state index < -0.39 is 42.0 Å². The molecule has 0 saturated carbocycles. The molecule has 0 aliphatic carbocycles. The fourth-order valence-electron chi connectivity index (χ4n) is 3.07. The van der Waals surface area contributed by atoms with Crippen molar-refractivity contribution in [1.82, 2.24) is 10.2 Å². The zero-order valence-electron chi connectivity index (χ0n) is 16.9. The SMILES string of the molecule is CCC1(CC)NC(=O)N(CC(=O)O[C@H](C)C(=O)Nc2cc(C)ccc2C)C1=O. The molecule has 4 amide bonds. The van der Waals surface area contributed by atoms with Crippen molar-refractivity contribution in [3.05, 3.63) is 29.3 Å². The van der Waals surface area contributed by atoms with Crippen molar-refractivity contribution in [2.24, 2.45) is 0 Å². The Morgan fingerprint density at radius 1 is 1.21 bits per heavy atom. The van der Waals surface area contributed by atoms with Crippen LogP contribution in [0.2, 0.25) is 0 Å². The Morgan fingerprint density at radius 2 is 1.86 bits per heavy atom. The number of urea groups is 1. The summed E-state index contributed by atoms with van der Waals surface area (Å²) >= 11 is 0. The van der Waals surface area contributed by atoms with E-state index in [0.717, 1.165) is 16.0 Å². The van der Waals surface area contributed by atoms with E-state index in [4.69, 9.17) is 4.74 Å². The lowest BCUT2D eigenvalue weighted by molar-refractivity contribution is -0.155. The molecule has 1 atom stereocenters. The Labute approximate surface area is 164 Å². The van der Waals surface area contributed by atoms with Crippen molar-refractivity contribution in [1.29, 1.82) is 0 Å². The standard InChI is InChI=1S/C20H27N3O5/c1-6-20(7-2)18(26)23(19(27)22-20)11-16(24)28-14(5)17(25)21-15-10-12(3)8-9-13(15)4/h8-10,14H,6-7,11H2,1-5H3,(H,21,25)(H,22,27)/t14-/m1/s1. The van der Waals surface area contributed by atoms with Gasteiger partial charge < -0.3 is 15.4 Å². The number of esters is 1. The van der Waals surface area contributed by atoms with Gasteiger partial charge in [0, 0.05) is 5.69 Å². The number of benzene rings is 1. The second-order valence-electron chi connectivity index (χ2n) is 7.05. The molecule has 2 rings (SSSR count). The summed E-state index contributed by atoms with van der Waals surface area (Å²) in [6.07, 6.45) is -0.224. The summed E-state index contributed by atoms with van der Waals surface area (Å²) in [6.45, 7) is 8.26. The minimum absolute atomic E-state index is 0.425. The summed E-state index contributed by atoms with van der Waals surface area (Å²) in [5.41, 5.74) is 1.52. The molecule has 28 heavy (non-hydrogen) atoms. The number of nitrogens with one attached hydrogen (secondary N) is 2. The predicted molar refractivity (Wildman–Crippen MR) is 104 cm³/mol. The number of aryl methyl sites for hydroxylation is 2. The molecule has 0 radical (unpaired) electrons. The highest BCUT2D eigenvalue weighted by Gasteiger charge is 2.49. The molecule has 1 aromatic rings. The Bertz CT molecular complexity index is 801. The second-order valence-corrected chi connectivity index (χ2v) is 7.05. The Kier molecular flexibility index (Phi) is 6.43. The largest absolute Gasteiger partial charge is 0.451 e. The van der Waals surface area contributed by atoms with Crippen LogP contribution in [0.25, 0.3) is 0 Å². The third-order valence-electron chi connectivity index (χ3n) is 5.07. The minimum atomic E-state index is -1.07. The monoisotopic (exact) mass is 389 g/mol. The zero-order chi connectivity index (χ0) is 21.1. The normalized spacial score (nSPS) is 16.5. The van der Waals surface area contributed by atoms with Gasteiger partial charge in [0.15, 0.2) is 6.10 Å². The maximum atomic E-state index is 12.5. The van der Waals surface area contributed by atoms with E-state index in [2.05, 4.69) is 10.6 Å². The van der Waals surface area contributed by atoms with Gasteiger partial charge in [-0.15, -0.1) is 0 Å². The Balaban J connectivity index is 1.97. The average Bonchev–Trinajstić information content (AvgIpc) is 2.89. The lowest BCUT2D eigenvalue weighted by atomic mass is 9.93. The number of anilines is 1. The minimum Gasteiger partial charge on any atom is -0.451 e. The van der Waals surface area contributed by atoms with Gasteiger partial charge in [-0.25, -0.2) is 4.79 Å². The van der Waals surface area contributed by atoms with Gasteiger partial charge in [0.05, 0.1) is 0 Å². The maximum Gasteiger partial charge on any atom is 0.327 e. The van der Waals surface area contributed by atoms with E-state index in [1.807, 2.05) is 32.0 Å². The molecule has 1 fully saturated rings. The fourth-order valence-corrected chi connectivity index (χ4v) is 3.07. The summed E-state index contributed by atoms with van der Waals surface area (Å²) in [6, 6.07) is 5.01. The molecule has 2 N–H and O–H groups in total. The lowest BCUT2D eigenvalue weighted by Gasteiger charge is -2.23. The number of hydrogen-bond acceptors (Lipinski definition) is 5. The van der Waals surface area contributed by atoms with Crippen LogP contribution >= 0.6 is 0 Å². The number of imide groups is 1. The van der Waals surface area contributed by atoms with Crippen LogP contribution in [-0.2, 0) is 19.1 Å². The highest BCUT2D eigenvalue weighted by atomic mass is 16.5. The quantitative estimate of drug-likeness (QED) is 0.550. The number of amides is 4. The smallest absolute Gasteiger partial charge is 0.327 e. The van der Waals surface area contributed by atoms with Crippen molar-refractivity contribution in [3.8, 4) is 0 Å². The number of carbonyl (C=O) groups excluding carboxylic acids is 4. The van der Waals surface area contributed by atoms with Crippen LogP contribution in [0.5, 0.6) is 0 Å². The summed E-state index contributed by atoms with van der Waals surface area (Å²) < 4.78 is 5.12. The summed E-state index contributed by atoms with van der Waals surface area (Å²) in [5.74, 6) is -1.77. The van der Waals surface area contributed by atoms with E-state index in [1.165, 1.54) is 6.92 Å².